The minimum Gasteiger partial charge on any atom is -0.452 e. The molecular formula is C20H20N2O3S2. The Morgan fingerprint density at radius 1 is 1.22 bits per heavy atom. The number of nitrogens with zero attached hydrogens (tertiary/aromatic N) is 1. The van der Waals surface area contributed by atoms with Crippen molar-refractivity contribution in [2.45, 2.75) is 33.3 Å². The van der Waals surface area contributed by atoms with Gasteiger partial charge in [0.2, 0.25) is 0 Å². The Kier molecular flexibility index (Phi) is 6.03. The molecule has 7 heteroatoms. The van der Waals surface area contributed by atoms with Crippen molar-refractivity contribution in [3.05, 3.63) is 57.9 Å². The number of amides is 1. The van der Waals surface area contributed by atoms with Crippen molar-refractivity contribution in [2.24, 2.45) is 0 Å². The zero-order valence-corrected chi connectivity index (χ0v) is 16.9. The van der Waals surface area contributed by atoms with Gasteiger partial charge in [0.15, 0.2) is 6.10 Å². The van der Waals surface area contributed by atoms with Crippen LogP contribution in [0.3, 0.4) is 0 Å². The van der Waals surface area contributed by atoms with E-state index < -0.39 is 12.1 Å². The molecule has 0 aliphatic carbocycles. The van der Waals surface area contributed by atoms with Gasteiger partial charge in [0.05, 0.1) is 17.0 Å². The molecule has 3 aromatic rings. The van der Waals surface area contributed by atoms with Crippen molar-refractivity contribution >= 4 is 40.2 Å². The number of thiazole rings is 1. The van der Waals surface area contributed by atoms with Crippen LogP contribution in [-0.4, -0.2) is 23.0 Å². The van der Waals surface area contributed by atoms with E-state index in [1.807, 2.05) is 54.9 Å². The highest BCUT2D eigenvalue weighted by Gasteiger charge is 2.19. The summed E-state index contributed by atoms with van der Waals surface area (Å²) < 4.78 is 5.27. The van der Waals surface area contributed by atoms with Crippen LogP contribution in [0.15, 0.2) is 41.1 Å². The van der Waals surface area contributed by atoms with Gasteiger partial charge in [-0.1, -0.05) is 18.2 Å². The fourth-order valence-electron chi connectivity index (χ4n) is 2.45. The van der Waals surface area contributed by atoms with Crippen molar-refractivity contribution in [1.82, 2.24) is 4.98 Å². The summed E-state index contributed by atoms with van der Waals surface area (Å²) in [5, 5.41) is 7.53. The van der Waals surface area contributed by atoms with E-state index in [-0.39, 0.29) is 12.3 Å². The zero-order valence-electron chi connectivity index (χ0n) is 15.3. The largest absolute Gasteiger partial charge is 0.452 e. The van der Waals surface area contributed by atoms with Crippen molar-refractivity contribution in [3.8, 4) is 9.88 Å². The minimum absolute atomic E-state index is 0.0446. The number of rotatable bonds is 6. The number of hydrogen-bond donors (Lipinski definition) is 1. The lowest BCUT2D eigenvalue weighted by Crippen LogP contribution is -2.30. The summed E-state index contributed by atoms with van der Waals surface area (Å²) >= 11 is 3.10. The lowest BCUT2D eigenvalue weighted by molar-refractivity contribution is -0.152. The lowest BCUT2D eigenvalue weighted by Gasteiger charge is -2.15. The van der Waals surface area contributed by atoms with Gasteiger partial charge in [-0.05, 0) is 49.4 Å². The molecule has 0 bridgehead atoms. The van der Waals surface area contributed by atoms with E-state index in [9.17, 15) is 9.59 Å². The molecule has 0 aliphatic heterocycles. The highest BCUT2D eigenvalue weighted by Crippen LogP contribution is 2.28. The SMILES string of the molecule is Cc1ccc(C)c(NC(=O)[C@@H](C)OC(=O)Cc2csc(-c3cccs3)n2)c1. The van der Waals surface area contributed by atoms with E-state index in [0.717, 1.165) is 26.7 Å². The quantitative estimate of drug-likeness (QED) is 0.614. The van der Waals surface area contributed by atoms with Gasteiger partial charge in [-0.15, -0.1) is 22.7 Å². The monoisotopic (exact) mass is 400 g/mol. The second-order valence-electron chi connectivity index (χ2n) is 6.24. The fourth-order valence-corrected chi connectivity index (χ4v) is 4.08. The molecule has 27 heavy (non-hydrogen) atoms. The molecule has 140 valence electrons. The molecule has 0 aliphatic rings. The number of benzene rings is 1. The fraction of sp³-hybridized carbons (Fsp3) is 0.250. The van der Waals surface area contributed by atoms with Gasteiger partial charge in [0, 0.05) is 11.1 Å². The van der Waals surface area contributed by atoms with Crippen molar-refractivity contribution in [1.29, 1.82) is 0 Å². The van der Waals surface area contributed by atoms with Crippen LogP contribution in [-0.2, 0) is 20.7 Å². The van der Waals surface area contributed by atoms with Crippen molar-refractivity contribution < 1.29 is 14.3 Å². The molecule has 5 nitrogen and oxygen atoms in total. The third kappa shape index (κ3) is 5.02. The van der Waals surface area contributed by atoms with Gasteiger partial charge in [0.25, 0.3) is 5.91 Å². The Hall–Kier alpha value is -2.51. The van der Waals surface area contributed by atoms with Gasteiger partial charge in [-0.3, -0.25) is 9.59 Å². The van der Waals surface area contributed by atoms with E-state index in [1.54, 1.807) is 18.3 Å². The third-order valence-electron chi connectivity index (χ3n) is 3.94. The van der Waals surface area contributed by atoms with Crippen LogP contribution in [0.25, 0.3) is 9.88 Å². The summed E-state index contributed by atoms with van der Waals surface area (Å²) in [5.74, 6) is -0.823. The van der Waals surface area contributed by atoms with E-state index in [2.05, 4.69) is 10.3 Å². The molecule has 0 saturated carbocycles. The molecule has 1 N–H and O–H groups in total. The molecule has 0 spiro atoms. The number of esters is 1. The van der Waals surface area contributed by atoms with Crippen LogP contribution in [0, 0.1) is 13.8 Å². The number of anilines is 1. The molecule has 1 atom stereocenters. The summed E-state index contributed by atoms with van der Waals surface area (Å²) in [7, 11) is 0. The number of carbonyl (C=O) groups excluding carboxylic acids is 2. The topological polar surface area (TPSA) is 68.3 Å². The van der Waals surface area contributed by atoms with E-state index in [1.165, 1.54) is 11.3 Å². The first-order chi connectivity index (χ1) is 12.9. The normalized spacial score (nSPS) is 11.8. The first-order valence-electron chi connectivity index (χ1n) is 8.48. The number of thiophene rings is 1. The average molecular weight is 401 g/mol. The summed E-state index contributed by atoms with van der Waals surface area (Å²) in [6.07, 6.45) is -0.837. The standard InChI is InChI=1S/C20H20N2O3S2/c1-12-6-7-13(2)16(9-12)22-19(24)14(3)25-18(23)10-15-11-27-20(21-15)17-5-4-8-26-17/h4-9,11,14H,10H2,1-3H3,(H,22,24)/t14-/m1/s1. The number of carbonyl (C=O) groups is 2. The van der Waals surface area contributed by atoms with E-state index in [4.69, 9.17) is 4.74 Å². The maximum absolute atomic E-state index is 12.3. The van der Waals surface area contributed by atoms with Crippen molar-refractivity contribution in [2.75, 3.05) is 5.32 Å². The van der Waals surface area contributed by atoms with E-state index in [0.29, 0.717) is 5.69 Å². The molecular weight excluding hydrogens is 380 g/mol. The van der Waals surface area contributed by atoms with Crippen LogP contribution in [0.1, 0.15) is 23.7 Å². The number of aryl methyl sites for hydroxylation is 2. The van der Waals surface area contributed by atoms with Gasteiger partial charge >= 0.3 is 5.97 Å². The number of nitrogens with one attached hydrogen (secondary N) is 1. The molecule has 1 amide bonds. The molecule has 2 aromatic heterocycles. The Balaban J connectivity index is 1.55. The third-order valence-corrected chi connectivity index (χ3v) is 5.87. The second kappa shape index (κ2) is 8.45. The molecule has 1 aromatic carbocycles. The number of hydrogen-bond acceptors (Lipinski definition) is 6. The lowest BCUT2D eigenvalue weighted by atomic mass is 10.1. The highest BCUT2D eigenvalue weighted by atomic mass is 32.1. The highest BCUT2D eigenvalue weighted by molar-refractivity contribution is 7.20. The molecule has 0 radical (unpaired) electrons. The maximum atomic E-state index is 12.3. The van der Waals surface area contributed by atoms with Gasteiger partial charge in [0.1, 0.15) is 5.01 Å². The van der Waals surface area contributed by atoms with Gasteiger partial charge in [-0.2, -0.15) is 0 Å². The molecule has 0 fully saturated rings. The Bertz CT molecular complexity index is 948. The minimum atomic E-state index is -0.882. The predicted molar refractivity (Wildman–Crippen MR) is 109 cm³/mol. The molecule has 0 unspecified atom stereocenters. The average Bonchev–Trinajstić information content (AvgIpc) is 3.29. The molecule has 0 saturated heterocycles. The van der Waals surface area contributed by atoms with E-state index >= 15 is 0 Å². The van der Waals surface area contributed by atoms with Gasteiger partial charge in [-0.25, -0.2) is 4.98 Å². The number of aromatic nitrogens is 1. The van der Waals surface area contributed by atoms with Crippen LogP contribution < -0.4 is 5.32 Å². The van der Waals surface area contributed by atoms with Crippen LogP contribution >= 0.6 is 22.7 Å². The summed E-state index contributed by atoms with van der Waals surface area (Å²) in [6, 6.07) is 9.77. The first-order valence-corrected chi connectivity index (χ1v) is 10.2. The Morgan fingerprint density at radius 3 is 2.78 bits per heavy atom. The Labute approximate surface area is 166 Å². The molecule has 2 heterocycles. The first kappa shape index (κ1) is 19.3. The summed E-state index contributed by atoms with van der Waals surface area (Å²) in [6.45, 7) is 5.44. The van der Waals surface area contributed by atoms with Crippen LogP contribution in [0.4, 0.5) is 5.69 Å². The maximum Gasteiger partial charge on any atom is 0.312 e. The summed E-state index contributed by atoms with van der Waals surface area (Å²) in [5.41, 5.74) is 3.38. The Morgan fingerprint density at radius 2 is 2.04 bits per heavy atom. The molecule has 3 rings (SSSR count). The predicted octanol–water partition coefficient (Wildman–Crippen LogP) is 4.60. The summed E-state index contributed by atoms with van der Waals surface area (Å²) in [4.78, 5) is 30.0. The zero-order chi connectivity index (χ0) is 19.4. The van der Waals surface area contributed by atoms with Crippen molar-refractivity contribution in [3.63, 3.8) is 0 Å². The number of ether oxygens (including phenoxy) is 1. The second-order valence-corrected chi connectivity index (χ2v) is 8.04. The van der Waals surface area contributed by atoms with Crippen LogP contribution in [0.2, 0.25) is 0 Å². The van der Waals surface area contributed by atoms with Gasteiger partial charge < -0.3 is 10.1 Å². The smallest absolute Gasteiger partial charge is 0.312 e. The van der Waals surface area contributed by atoms with Crippen LogP contribution in [0.5, 0.6) is 0 Å².